The number of rotatable bonds is 4. The Morgan fingerprint density at radius 2 is 1.95 bits per heavy atom. The molecular formula is C13H17ClN2O3. The first-order valence-electron chi connectivity index (χ1n) is 5.71. The molecular weight excluding hydrogens is 268 g/mol. The highest BCUT2D eigenvalue weighted by molar-refractivity contribution is 6.31. The van der Waals surface area contributed by atoms with E-state index < -0.39 is 17.4 Å². The molecule has 1 rings (SSSR count). The summed E-state index contributed by atoms with van der Waals surface area (Å²) in [5.74, 6) is -1.61. The van der Waals surface area contributed by atoms with Crippen LogP contribution in [0.1, 0.15) is 31.1 Å². The van der Waals surface area contributed by atoms with Crippen LogP contribution in [0.5, 0.6) is 0 Å². The van der Waals surface area contributed by atoms with E-state index in [1.807, 2.05) is 20.8 Å². The molecule has 0 aliphatic heterocycles. The maximum absolute atomic E-state index is 11.5. The Morgan fingerprint density at radius 3 is 2.37 bits per heavy atom. The highest BCUT2D eigenvalue weighted by atomic mass is 35.5. The van der Waals surface area contributed by atoms with Gasteiger partial charge in [0.05, 0.1) is 11.3 Å². The molecule has 0 radical (unpaired) electrons. The van der Waals surface area contributed by atoms with Crippen LogP contribution >= 0.6 is 11.6 Å². The highest BCUT2D eigenvalue weighted by Gasteiger charge is 2.27. The van der Waals surface area contributed by atoms with Gasteiger partial charge in [0, 0.05) is 10.6 Å². The van der Waals surface area contributed by atoms with Gasteiger partial charge in [-0.25, -0.2) is 0 Å². The zero-order valence-electron chi connectivity index (χ0n) is 11.1. The third-order valence-electron chi connectivity index (χ3n) is 2.62. The minimum Gasteiger partial charge on any atom is -0.480 e. The van der Waals surface area contributed by atoms with Gasteiger partial charge in [-0.3, -0.25) is 9.59 Å². The van der Waals surface area contributed by atoms with Crippen molar-refractivity contribution in [2.24, 2.45) is 5.73 Å². The maximum atomic E-state index is 11.5. The van der Waals surface area contributed by atoms with Crippen molar-refractivity contribution in [1.82, 2.24) is 0 Å². The van der Waals surface area contributed by atoms with Crippen molar-refractivity contribution < 1.29 is 14.7 Å². The van der Waals surface area contributed by atoms with E-state index in [9.17, 15) is 9.59 Å². The van der Waals surface area contributed by atoms with Gasteiger partial charge in [-0.2, -0.15) is 0 Å². The molecule has 0 fully saturated rings. The van der Waals surface area contributed by atoms with Crippen LogP contribution in [0.4, 0.5) is 5.69 Å². The third-order valence-corrected chi connectivity index (χ3v) is 2.85. The van der Waals surface area contributed by atoms with E-state index in [1.165, 1.54) is 6.07 Å². The number of carbonyl (C=O) groups is 2. The second kappa shape index (κ2) is 5.48. The summed E-state index contributed by atoms with van der Waals surface area (Å²) < 4.78 is 0. The topological polar surface area (TPSA) is 83.6 Å². The minimum absolute atomic E-state index is 0.246. The van der Waals surface area contributed by atoms with Crippen LogP contribution in [-0.2, 0) is 4.79 Å². The van der Waals surface area contributed by atoms with E-state index in [0.29, 0.717) is 10.7 Å². The highest BCUT2D eigenvalue weighted by Crippen LogP contribution is 2.30. The molecule has 0 spiro atoms. The van der Waals surface area contributed by atoms with Crippen molar-refractivity contribution in [3.63, 3.8) is 0 Å². The number of carbonyl (C=O) groups excluding carboxylic acids is 1. The van der Waals surface area contributed by atoms with Gasteiger partial charge in [0.15, 0.2) is 0 Å². The van der Waals surface area contributed by atoms with E-state index in [4.69, 9.17) is 22.4 Å². The number of anilines is 1. The third kappa shape index (κ3) is 3.86. The normalized spacial score (nSPS) is 11.2. The molecule has 0 saturated heterocycles. The molecule has 5 nitrogen and oxygen atoms in total. The van der Waals surface area contributed by atoms with Gasteiger partial charge in [-0.15, -0.1) is 0 Å². The van der Waals surface area contributed by atoms with Gasteiger partial charge in [0.25, 0.3) is 5.91 Å². The Morgan fingerprint density at radius 1 is 1.37 bits per heavy atom. The monoisotopic (exact) mass is 284 g/mol. The molecule has 0 aliphatic carbocycles. The van der Waals surface area contributed by atoms with Crippen LogP contribution in [-0.4, -0.2) is 29.1 Å². The molecule has 0 aliphatic rings. The van der Waals surface area contributed by atoms with Crippen molar-refractivity contribution >= 4 is 29.2 Å². The molecule has 3 N–H and O–H groups in total. The van der Waals surface area contributed by atoms with Gasteiger partial charge in [0.2, 0.25) is 0 Å². The van der Waals surface area contributed by atoms with Gasteiger partial charge in [-0.1, -0.05) is 11.6 Å². The average molecular weight is 285 g/mol. The van der Waals surface area contributed by atoms with Crippen molar-refractivity contribution in [1.29, 1.82) is 0 Å². The number of nitrogens with two attached hydrogens (primary N) is 1. The zero-order valence-corrected chi connectivity index (χ0v) is 11.9. The molecule has 0 saturated carbocycles. The summed E-state index contributed by atoms with van der Waals surface area (Å²) >= 11 is 5.93. The van der Waals surface area contributed by atoms with E-state index >= 15 is 0 Å². The number of hydrogen-bond donors (Lipinski definition) is 2. The second-order valence-electron chi connectivity index (χ2n) is 5.18. The Kier molecular flexibility index (Phi) is 4.42. The van der Waals surface area contributed by atoms with Crippen molar-refractivity contribution in [3.05, 3.63) is 28.8 Å². The molecule has 1 amide bonds. The maximum Gasteiger partial charge on any atom is 0.323 e. The lowest BCUT2D eigenvalue weighted by Crippen LogP contribution is -2.45. The van der Waals surface area contributed by atoms with Crippen LogP contribution in [0.2, 0.25) is 5.02 Å². The van der Waals surface area contributed by atoms with E-state index in [0.717, 1.165) is 0 Å². The standard InChI is InChI=1S/C13H17ClN2O3/c1-13(2,3)16(7-11(17)18)10-6-8(14)4-5-9(10)12(15)19/h4-6H,7H2,1-3H3,(H2,15,19)(H,17,18). The summed E-state index contributed by atoms with van der Waals surface area (Å²) in [4.78, 5) is 24.0. The average Bonchev–Trinajstić information content (AvgIpc) is 2.23. The van der Waals surface area contributed by atoms with Gasteiger partial charge in [0.1, 0.15) is 6.54 Å². The number of carboxylic acids is 1. The lowest BCUT2D eigenvalue weighted by atomic mass is 10.0. The molecule has 6 heteroatoms. The fraction of sp³-hybridized carbons (Fsp3) is 0.385. The quantitative estimate of drug-likeness (QED) is 0.887. The predicted octanol–water partition coefficient (Wildman–Crippen LogP) is 2.13. The summed E-state index contributed by atoms with van der Waals surface area (Å²) in [5.41, 5.74) is 5.50. The Hall–Kier alpha value is -1.75. The molecule has 0 heterocycles. The van der Waals surface area contributed by atoms with Crippen LogP contribution < -0.4 is 10.6 Å². The van der Waals surface area contributed by atoms with E-state index in [2.05, 4.69) is 0 Å². The second-order valence-corrected chi connectivity index (χ2v) is 5.61. The Bertz CT molecular complexity index is 509. The smallest absolute Gasteiger partial charge is 0.323 e. The number of nitrogens with zero attached hydrogens (tertiary/aromatic N) is 1. The largest absolute Gasteiger partial charge is 0.480 e. The first-order valence-corrected chi connectivity index (χ1v) is 6.09. The molecule has 19 heavy (non-hydrogen) atoms. The summed E-state index contributed by atoms with van der Waals surface area (Å²) in [6.07, 6.45) is 0. The summed E-state index contributed by atoms with van der Waals surface area (Å²) in [5, 5.41) is 9.43. The Balaban J connectivity index is 3.40. The van der Waals surface area contributed by atoms with E-state index in [-0.39, 0.29) is 12.1 Å². The number of amides is 1. The lowest BCUT2D eigenvalue weighted by Gasteiger charge is -2.37. The SMILES string of the molecule is CC(C)(C)N(CC(=O)O)c1cc(Cl)ccc1C(N)=O. The number of benzene rings is 1. The molecule has 0 atom stereocenters. The first-order chi connectivity index (χ1) is 8.62. The van der Waals surface area contributed by atoms with Crippen molar-refractivity contribution in [2.45, 2.75) is 26.3 Å². The zero-order chi connectivity index (χ0) is 14.8. The molecule has 1 aromatic rings. The van der Waals surface area contributed by atoms with Gasteiger partial charge < -0.3 is 15.7 Å². The molecule has 1 aromatic carbocycles. The molecule has 0 unspecified atom stereocenters. The molecule has 104 valence electrons. The fourth-order valence-corrected chi connectivity index (χ4v) is 1.92. The Labute approximate surface area is 117 Å². The number of carboxylic acid groups (broad SMARTS) is 1. The summed E-state index contributed by atoms with van der Waals surface area (Å²) in [7, 11) is 0. The fourth-order valence-electron chi connectivity index (χ4n) is 1.76. The predicted molar refractivity (Wildman–Crippen MR) is 74.7 cm³/mol. The minimum atomic E-state index is -0.995. The van der Waals surface area contributed by atoms with Crippen LogP contribution in [0.25, 0.3) is 0 Å². The van der Waals surface area contributed by atoms with Gasteiger partial charge in [-0.05, 0) is 39.0 Å². The van der Waals surface area contributed by atoms with Gasteiger partial charge >= 0.3 is 5.97 Å². The molecule has 0 bridgehead atoms. The first kappa shape index (κ1) is 15.3. The number of halogens is 1. The number of aliphatic carboxylic acids is 1. The lowest BCUT2D eigenvalue weighted by molar-refractivity contribution is -0.135. The number of hydrogen-bond acceptors (Lipinski definition) is 3. The number of primary amides is 1. The van der Waals surface area contributed by atoms with Crippen LogP contribution in [0, 0.1) is 0 Å². The van der Waals surface area contributed by atoms with Crippen LogP contribution in [0.3, 0.4) is 0 Å². The van der Waals surface area contributed by atoms with E-state index in [1.54, 1.807) is 17.0 Å². The van der Waals surface area contributed by atoms with Crippen LogP contribution in [0.15, 0.2) is 18.2 Å². The summed E-state index contributed by atoms with van der Waals surface area (Å²) in [6, 6.07) is 4.60. The van der Waals surface area contributed by atoms with Crippen molar-refractivity contribution in [2.75, 3.05) is 11.4 Å². The molecule has 0 aromatic heterocycles. The summed E-state index contributed by atoms with van der Waals surface area (Å²) in [6.45, 7) is 5.30. The van der Waals surface area contributed by atoms with Crippen molar-refractivity contribution in [3.8, 4) is 0 Å².